The zero-order chi connectivity index (χ0) is 16.3. The van der Waals surface area contributed by atoms with Crippen LogP contribution in [-0.4, -0.2) is 53.0 Å². The van der Waals surface area contributed by atoms with Crippen LogP contribution in [0.2, 0.25) is 0 Å². The first-order chi connectivity index (χ1) is 11.1. The highest BCUT2D eigenvalue weighted by molar-refractivity contribution is 5.74. The second-order valence-electron chi connectivity index (χ2n) is 6.25. The number of ether oxygens (including phenoxy) is 2. The van der Waals surface area contributed by atoms with Gasteiger partial charge in [0.25, 0.3) is 0 Å². The smallest absolute Gasteiger partial charge is 0.317 e. The van der Waals surface area contributed by atoms with Crippen LogP contribution in [0.3, 0.4) is 0 Å². The van der Waals surface area contributed by atoms with E-state index in [9.17, 15) is 4.79 Å². The Morgan fingerprint density at radius 2 is 2.26 bits per heavy atom. The summed E-state index contributed by atoms with van der Waals surface area (Å²) in [5.41, 5.74) is 0.814. The quantitative estimate of drug-likeness (QED) is 0.912. The molecule has 2 saturated heterocycles. The molecule has 1 N–H and O–H groups in total. The number of carbonyl (C=O) groups is 1. The van der Waals surface area contributed by atoms with Crippen molar-refractivity contribution in [2.45, 2.75) is 39.0 Å². The van der Waals surface area contributed by atoms with Gasteiger partial charge in [-0.1, -0.05) is 0 Å². The summed E-state index contributed by atoms with van der Waals surface area (Å²) in [6.45, 7) is 6.91. The van der Waals surface area contributed by atoms with Gasteiger partial charge in [0, 0.05) is 25.2 Å². The molecule has 0 aliphatic carbocycles. The Morgan fingerprint density at radius 3 is 3.00 bits per heavy atom. The third-order valence-corrected chi connectivity index (χ3v) is 4.57. The number of nitrogens with one attached hydrogen (secondary N) is 1. The van der Waals surface area contributed by atoms with Crippen LogP contribution in [0.4, 0.5) is 4.79 Å². The van der Waals surface area contributed by atoms with E-state index in [0.717, 1.165) is 25.1 Å². The van der Waals surface area contributed by atoms with Gasteiger partial charge in [0.15, 0.2) is 5.79 Å². The van der Waals surface area contributed by atoms with E-state index >= 15 is 0 Å². The van der Waals surface area contributed by atoms with Crippen molar-refractivity contribution in [3.63, 3.8) is 0 Å². The van der Waals surface area contributed by atoms with E-state index < -0.39 is 5.79 Å². The predicted molar refractivity (Wildman–Crippen MR) is 83.6 cm³/mol. The summed E-state index contributed by atoms with van der Waals surface area (Å²) in [5.74, 6) is 0.368. The fourth-order valence-electron chi connectivity index (χ4n) is 3.24. The maximum atomic E-state index is 12.4. The van der Waals surface area contributed by atoms with Crippen molar-refractivity contribution in [1.29, 1.82) is 0 Å². The van der Waals surface area contributed by atoms with E-state index in [1.54, 1.807) is 6.20 Å². The normalized spacial score (nSPS) is 23.7. The first kappa shape index (κ1) is 16.1. The van der Waals surface area contributed by atoms with Crippen molar-refractivity contribution in [2.75, 3.05) is 26.3 Å². The number of aryl methyl sites for hydroxylation is 1. The molecule has 0 spiro atoms. The Kier molecular flexibility index (Phi) is 4.77. The second-order valence-corrected chi connectivity index (χ2v) is 6.25. The van der Waals surface area contributed by atoms with Gasteiger partial charge in [-0.3, -0.25) is 0 Å². The Bertz CT molecular complexity index is 560. The minimum Gasteiger partial charge on any atom is -0.347 e. The Morgan fingerprint density at radius 1 is 1.48 bits per heavy atom. The van der Waals surface area contributed by atoms with Crippen LogP contribution in [0, 0.1) is 12.8 Å². The molecule has 1 aromatic rings. The molecule has 0 aromatic carbocycles. The molecule has 7 nitrogen and oxygen atoms in total. The van der Waals surface area contributed by atoms with Crippen molar-refractivity contribution in [3.05, 3.63) is 23.8 Å². The minimum absolute atomic E-state index is 0.0624. The minimum atomic E-state index is -0.553. The Labute approximate surface area is 136 Å². The summed E-state index contributed by atoms with van der Waals surface area (Å²) in [6, 6.07) is 1.75. The summed E-state index contributed by atoms with van der Waals surface area (Å²) in [5, 5.41) is 2.93. The topological polar surface area (TPSA) is 76.6 Å². The van der Waals surface area contributed by atoms with Crippen LogP contribution in [-0.2, 0) is 16.0 Å². The van der Waals surface area contributed by atoms with Crippen molar-refractivity contribution in [2.24, 2.45) is 5.92 Å². The summed E-state index contributed by atoms with van der Waals surface area (Å²) in [4.78, 5) is 22.6. The summed E-state index contributed by atoms with van der Waals surface area (Å²) in [7, 11) is 0. The van der Waals surface area contributed by atoms with Crippen LogP contribution in [0.25, 0.3) is 0 Å². The molecule has 126 valence electrons. The molecule has 0 unspecified atom stereocenters. The van der Waals surface area contributed by atoms with Crippen molar-refractivity contribution in [1.82, 2.24) is 20.2 Å². The first-order valence-corrected chi connectivity index (χ1v) is 8.16. The number of aromatic nitrogens is 2. The van der Waals surface area contributed by atoms with E-state index in [1.807, 2.05) is 24.8 Å². The number of amides is 2. The van der Waals surface area contributed by atoms with E-state index in [1.165, 1.54) is 0 Å². The second kappa shape index (κ2) is 6.80. The van der Waals surface area contributed by atoms with Crippen LogP contribution in [0.15, 0.2) is 12.3 Å². The number of likely N-dealkylation sites (tertiary alicyclic amines) is 1. The van der Waals surface area contributed by atoms with Crippen molar-refractivity contribution in [3.8, 4) is 0 Å². The van der Waals surface area contributed by atoms with E-state index in [4.69, 9.17) is 9.47 Å². The molecule has 3 rings (SSSR count). The highest BCUT2D eigenvalue weighted by atomic mass is 16.7. The molecular weight excluding hydrogens is 296 g/mol. The van der Waals surface area contributed by atoms with Crippen LogP contribution >= 0.6 is 0 Å². The molecule has 2 fully saturated rings. The lowest BCUT2D eigenvalue weighted by Gasteiger charge is -2.39. The van der Waals surface area contributed by atoms with Gasteiger partial charge in [-0.25, -0.2) is 14.8 Å². The van der Waals surface area contributed by atoms with Gasteiger partial charge in [-0.15, -0.1) is 0 Å². The van der Waals surface area contributed by atoms with E-state index in [2.05, 4.69) is 15.3 Å². The molecule has 2 amide bonds. The van der Waals surface area contributed by atoms with Gasteiger partial charge in [0.05, 0.1) is 25.5 Å². The average molecular weight is 320 g/mol. The molecule has 0 bridgehead atoms. The number of hydrogen-bond donors (Lipinski definition) is 1. The number of rotatable bonds is 3. The summed E-state index contributed by atoms with van der Waals surface area (Å²) < 4.78 is 11.5. The summed E-state index contributed by atoms with van der Waals surface area (Å²) in [6.07, 6.45) is 3.69. The maximum Gasteiger partial charge on any atom is 0.317 e. The van der Waals surface area contributed by atoms with Gasteiger partial charge in [0.2, 0.25) is 0 Å². The molecule has 2 aliphatic rings. The zero-order valence-corrected chi connectivity index (χ0v) is 13.7. The van der Waals surface area contributed by atoms with Gasteiger partial charge in [-0.05, 0) is 32.8 Å². The standard InChI is InChI=1S/C16H24N4O3/c1-12-17-6-5-14(19-12)10-18-15(21)20-7-3-4-13(11-20)16(2)22-8-9-23-16/h5-6,13H,3-4,7-11H2,1-2H3,(H,18,21)/t13-/m0/s1. The third kappa shape index (κ3) is 3.79. The fraction of sp³-hybridized carbons (Fsp3) is 0.688. The van der Waals surface area contributed by atoms with Crippen LogP contribution in [0.5, 0.6) is 0 Å². The largest absolute Gasteiger partial charge is 0.347 e. The van der Waals surface area contributed by atoms with Gasteiger partial charge < -0.3 is 19.7 Å². The van der Waals surface area contributed by atoms with Crippen molar-refractivity contribution < 1.29 is 14.3 Å². The lowest BCUT2D eigenvalue weighted by Crippen LogP contribution is -2.51. The molecule has 3 heterocycles. The van der Waals surface area contributed by atoms with E-state index in [-0.39, 0.29) is 11.9 Å². The number of nitrogens with zero attached hydrogens (tertiary/aromatic N) is 3. The number of hydrogen-bond acceptors (Lipinski definition) is 5. The molecule has 0 saturated carbocycles. The lowest BCUT2D eigenvalue weighted by atomic mass is 9.90. The molecule has 2 aliphatic heterocycles. The van der Waals surface area contributed by atoms with E-state index in [0.29, 0.717) is 32.1 Å². The van der Waals surface area contributed by atoms with Gasteiger partial charge in [0.1, 0.15) is 5.82 Å². The number of carbonyl (C=O) groups excluding carboxylic acids is 1. The van der Waals surface area contributed by atoms with Crippen LogP contribution in [0.1, 0.15) is 31.3 Å². The molecule has 7 heteroatoms. The Balaban J connectivity index is 1.54. The number of urea groups is 1. The lowest BCUT2D eigenvalue weighted by molar-refractivity contribution is -0.189. The SMILES string of the molecule is Cc1nccc(CNC(=O)N2CCC[C@H](C3(C)OCCO3)C2)n1. The molecule has 1 aromatic heterocycles. The fourth-order valence-corrected chi connectivity index (χ4v) is 3.24. The molecule has 0 radical (unpaired) electrons. The average Bonchev–Trinajstić information content (AvgIpc) is 3.01. The predicted octanol–water partition coefficient (Wildman–Crippen LogP) is 1.47. The summed E-state index contributed by atoms with van der Waals surface area (Å²) >= 11 is 0. The first-order valence-electron chi connectivity index (χ1n) is 8.16. The van der Waals surface area contributed by atoms with Gasteiger partial charge in [-0.2, -0.15) is 0 Å². The number of piperidine rings is 1. The Hall–Kier alpha value is -1.73. The third-order valence-electron chi connectivity index (χ3n) is 4.57. The highest BCUT2D eigenvalue weighted by Gasteiger charge is 2.42. The molecule has 23 heavy (non-hydrogen) atoms. The van der Waals surface area contributed by atoms with Crippen molar-refractivity contribution >= 4 is 6.03 Å². The van der Waals surface area contributed by atoms with Gasteiger partial charge >= 0.3 is 6.03 Å². The van der Waals surface area contributed by atoms with Crippen LogP contribution < -0.4 is 5.32 Å². The zero-order valence-electron chi connectivity index (χ0n) is 13.7. The monoisotopic (exact) mass is 320 g/mol. The molecule has 1 atom stereocenters. The molecular formula is C16H24N4O3. The maximum absolute atomic E-state index is 12.4. The highest BCUT2D eigenvalue weighted by Crippen LogP contribution is 2.34.